The maximum atomic E-state index is 13.3. The van der Waals surface area contributed by atoms with Gasteiger partial charge in [0.25, 0.3) is 15.9 Å². The molecule has 1 N–H and O–H groups in total. The third-order valence-electron chi connectivity index (χ3n) is 7.00. The number of nitrogens with zero attached hydrogens (tertiary/aromatic N) is 1. The molecule has 1 aromatic carbocycles. The van der Waals surface area contributed by atoms with E-state index in [0.717, 1.165) is 36.1 Å². The molecule has 6 nitrogen and oxygen atoms in total. The van der Waals surface area contributed by atoms with Gasteiger partial charge >= 0.3 is 0 Å². The highest BCUT2D eigenvalue weighted by Gasteiger charge is 2.55. The summed E-state index contributed by atoms with van der Waals surface area (Å²) in [4.78, 5) is 16.2. The lowest BCUT2D eigenvalue weighted by Crippen LogP contribution is -2.44. The number of hydrogen-bond acceptors (Lipinski definition) is 5. The number of aryl methyl sites for hydroxylation is 1. The molecular formula is C24H29FN2O4S. The maximum absolute atomic E-state index is 13.3. The van der Waals surface area contributed by atoms with Crippen LogP contribution < -0.4 is 9.46 Å². The summed E-state index contributed by atoms with van der Waals surface area (Å²) < 4.78 is 46.6. The van der Waals surface area contributed by atoms with Crippen molar-refractivity contribution in [3.05, 3.63) is 53.5 Å². The van der Waals surface area contributed by atoms with Gasteiger partial charge in [-0.05, 0) is 73.3 Å². The second-order valence-corrected chi connectivity index (χ2v) is 11.0. The molecular weight excluding hydrogens is 431 g/mol. The van der Waals surface area contributed by atoms with E-state index in [1.807, 2.05) is 23.8 Å². The molecule has 1 aromatic heterocycles. The van der Waals surface area contributed by atoms with Crippen molar-refractivity contribution in [1.29, 1.82) is 0 Å². The number of halogens is 1. The average molecular weight is 461 g/mol. The first kappa shape index (κ1) is 22.7. The van der Waals surface area contributed by atoms with E-state index in [9.17, 15) is 17.6 Å². The Kier molecular flexibility index (Phi) is 5.56. The van der Waals surface area contributed by atoms with E-state index in [-0.39, 0.29) is 7.43 Å². The first-order valence-corrected chi connectivity index (χ1v) is 12.2. The number of sulfonamides is 1. The van der Waals surface area contributed by atoms with Gasteiger partial charge in [-0.3, -0.25) is 4.79 Å². The van der Waals surface area contributed by atoms with Crippen molar-refractivity contribution >= 4 is 15.9 Å². The molecule has 0 aliphatic heterocycles. The molecule has 1 amide bonds. The van der Waals surface area contributed by atoms with E-state index in [0.29, 0.717) is 29.9 Å². The van der Waals surface area contributed by atoms with Crippen LogP contribution in [0.25, 0.3) is 0 Å². The predicted octanol–water partition coefficient (Wildman–Crippen LogP) is 4.63. The molecule has 0 unspecified atom stereocenters. The molecule has 5 rings (SSSR count). The number of hydrogen-bond donors (Lipinski definition) is 1. The summed E-state index contributed by atoms with van der Waals surface area (Å²) in [7, 11) is -4.29. The summed E-state index contributed by atoms with van der Waals surface area (Å²) >= 11 is 0. The lowest BCUT2D eigenvalue weighted by molar-refractivity contribution is -0.128. The minimum atomic E-state index is -4.29. The topological polar surface area (TPSA) is 85.4 Å². The van der Waals surface area contributed by atoms with Gasteiger partial charge in [-0.1, -0.05) is 32.0 Å². The maximum Gasteiger partial charge on any atom is 0.281 e. The molecule has 0 bridgehead atoms. The number of amides is 1. The van der Waals surface area contributed by atoms with Gasteiger partial charge in [0.2, 0.25) is 5.95 Å². The zero-order valence-electron chi connectivity index (χ0n) is 17.4. The first-order chi connectivity index (χ1) is 14.7. The summed E-state index contributed by atoms with van der Waals surface area (Å²) in [6, 6.07) is 9.47. The Bertz CT molecular complexity index is 1150. The fourth-order valence-electron chi connectivity index (χ4n) is 4.86. The molecule has 1 heterocycles. The molecule has 3 aliphatic carbocycles. The molecule has 172 valence electrons. The van der Waals surface area contributed by atoms with Crippen LogP contribution in [0.2, 0.25) is 0 Å². The number of ether oxygens (including phenoxy) is 1. The van der Waals surface area contributed by atoms with Gasteiger partial charge < -0.3 is 4.74 Å². The van der Waals surface area contributed by atoms with E-state index >= 15 is 0 Å². The van der Waals surface area contributed by atoms with Crippen LogP contribution in [-0.4, -0.2) is 24.9 Å². The van der Waals surface area contributed by atoms with E-state index in [2.05, 4.69) is 11.1 Å². The molecule has 8 heteroatoms. The van der Waals surface area contributed by atoms with Crippen molar-refractivity contribution in [3.63, 3.8) is 0 Å². The minimum absolute atomic E-state index is 0. The second-order valence-electron chi connectivity index (χ2n) is 9.33. The largest absolute Gasteiger partial charge is 0.477 e. The third-order valence-corrected chi connectivity index (χ3v) is 8.23. The molecule has 3 saturated carbocycles. The molecule has 0 saturated heterocycles. The molecule has 3 aliphatic rings. The number of carbonyl (C=O) groups excluding carboxylic acids is 1. The lowest BCUT2D eigenvalue weighted by Gasteiger charge is -2.54. The average Bonchev–Trinajstić information content (AvgIpc) is 3.41. The zero-order chi connectivity index (χ0) is 21.9. The Morgan fingerprint density at radius 3 is 2.47 bits per heavy atom. The van der Waals surface area contributed by atoms with Gasteiger partial charge in [0.05, 0.1) is 0 Å². The summed E-state index contributed by atoms with van der Waals surface area (Å²) in [6.07, 6.45) is 7.03. The van der Waals surface area contributed by atoms with Crippen molar-refractivity contribution in [2.24, 2.45) is 5.41 Å². The lowest BCUT2D eigenvalue weighted by atomic mass is 9.50. The Morgan fingerprint density at radius 2 is 1.88 bits per heavy atom. The summed E-state index contributed by atoms with van der Waals surface area (Å²) in [5, 5.41) is -0.534. The Morgan fingerprint density at radius 1 is 1.16 bits per heavy atom. The Hall–Kier alpha value is -2.48. The smallest absolute Gasteiger partial charge is 0.281 e. The highest BCUT2D eigenvalue weighted by atomic mass is 32.2. The van der Waals surface area contributed by atoms with Gasteiger partial charge in [0.1, 0.15) is 5.75 Å². The fraction of sp³-hybridized carbons (Fsp3) is 0.500. The predicted molar refractivity (Wildman–Crippen MR) is 118 cm³/mol. The fourth-order valence-corrected chi connectivity index (χ4v) is 5.86. The van der Waals surface area contributed by atoms with Crippen molar-refractivity contribution in [1.82, 2.24) is 9.71 Å². The van der Waals surface area contributed by atoms with E-state index in [4.69, 9.17) is 4.74 Å². The number of carbonyl (C=O) groups is 1. The van der Waals surface area contributed by atoms with Crippen LogP contribution in [-0.2, 0) is 14.8 Å². The van der Waals surface area contributed by atoms with Crippen LogP contribution in [0.15, 0.2) is 41.4 Å². The van der Waals surface area contributed by atoms with Crippen molar-refractivity contribution < 1.29 is 22.3 Å². The summed E-state index contributed by atoms with van der Waals surface area (Å²) in [6.45, 7) is 1.96. The second kappa shape index (κ2) is 7.83. The standard InChI is InChI=1S/C23H25FN2O4S.CH4/c1-15-6-7-17(16-13-22(14-16)8-3-9-22)18(12-15)30-23(10-11-23)21(27)26-31(28,29)20-5-2-4-19(24)25-20;/h2,4-7,12,16H,3,8-11,13-14H2,1H3,(H,26,27);1H4. The van der Waals surface area contributed by atoms with Crippen LogP contribution >= 0.6 is 0 Å². The Labute approximate surface area is 188 Å². The van der Waals surface area contributed by atoms with Crippen molar-refractivity contribution in [3.8, 4) is 5.75 Å². The zero-order valence-corrected chi connectivity index (χ0v) is 18.2. The van der Waals surface area contributed by atoms with E-state index in [1.165, 1.54) is 25.3 Å². The third kappa shape index (κ3) is 4.00. The quantitative estimate of drug-likeness (QED) is 0.636. The molecule has 0 radical (unpaired) electrons. The highest BCUT2D eigenvalue weighted by Crippen LogP contribution is 2.63. The summed E-state index contributed by atoms with van der Waals surface area (Å²) in [5.41, 5.74) is 1.40. The minimum Gasteiger partial charge on any atom is -0.477 e. The van der Waals surface area contributed by atoms with E-state index in [1.54, 1.807) is 0 Å². The summed E-state index contributed by atoms with van der Waals surface area (Å²) in [5.74, 6) is -0.597. The van der Waals surface area contributed by atoms with Crippen LogP contribution in [0, 0.1) is 18.3 Å². The van der Waals surface area contributed by atoms with Gasteiger partial charge in [-0.25, -0.2) is 9.71 Å². The molecule has 2 aromatic rings. The van der Waals surface area contributed by atoms with Crippen LogP contribution in [0.4, 0.5) is 4.39 Å². The number of nitrogens with one attached hydrogen (secondary N) is 1. The normalized spacial score (nSPS) is 20.4. The van der Waals surface area contributed by atoms with E-state index < -0.39 is 32.5 Å². The van der Waals surface area contributed by atoms with Crippen LogP contribution in [0.5, 0.6) is 5.75 Å². The first-order valence-electron chi connectivity index (χ1n) is 10.7. The molecule has 0 atom stereocenters. The number of aromatic nitrogens is 1. The SMILES string of the molecule is C.Cc1ccc(C2CC3(CCC3)C2)c(OC2(C(=O)NS(=O)(=O)c3cccc(F)n3)CC2)c1. The number of benzene rings is 1. The molecule has 32 heavy (non-hydrogen) atoms. The number of pyridine rings is 1. The van der Waals surface area contributed by atoms with Crippen molar-refractivity contribution in [2.45, 2.75) is 75.8 Å². The molecule has 3 fully saturated rings. The molecule has 1 spiro atoms. The van der Waals surface area contributed by atoms with Crippen molar-refractivity contribution in [2.75, 3.05) is 0 Å². The monoisotopic (exact) mass is 460 g/mol. The highest BCUT2D eigenvalue weighted by molar-refractivity contribution is 7.90. The number of rotatable bonds is 6. The van der Waals surface area contributed by atoms with Gasteiger partial charge in [-0.2, -0.15) is 12.8 Å². The van der Waals surface area contributed by atoms with Gasteiger partial charge in [0.15, 0.2) is 10.6 Å². The van der Waals surface area contributed by atoms with Gasteiger partial charge in [-0.15, -0.1) is 0 Å². The Balaban J connectivity index is 0.00000245. The van der Waals surface area contributed by atoms with Crippen LogP contribution in [0.3, 0.4) is 0 Å². The van der Waals surface area contributed by atoms with Gasteiger partial charge in [0, 0.05) is 12.8 Å². The van der Waals surface area contributed by atoms with Crippen LogP contribution in [0.1, 0.15) is 69.4 Å².